The van der Waals surface area contributed by atoms with E-state index >= 15 is 0 Å². The molecule has 0 aliphatic heterocycles. The van der Waals surface area contributed by atoms with E-state index in [2.05, 4.69) is 27.4 Å². The van der Waals surface area contributed by atoms with E-state index < -0.39 is 6.17 Å². The smallest absolute Gasteiger partial charge is 0.112 e. The maximum absolute atomic E-state index is 14.4. The number of alkyl halides is 1. The Kier molecular flexibility index (Phi) is 4.36. The summed E-state index contributed by atoms with van der Waals surface area (Å²) in [7, 11) is 0. The molecular weight excluding hydrogens is 187 g/mol. The first-order valence-electron chi connectivity index (χ1n) is 6.30. The van der Waals surface area contributed by atoms with Crippen molar-refractivity contribution in [1.29, 1.82) is 0 Å². The largest absolute Gasteiger partial charge is 0.246 e. The lowest BCUT2D eigenvalue weighted by molar-refractivity contribution is 0.0488. The summed E-state index contributed by atoms with van der Waals surface area (Å²) in [6.45, 7) is 10.2. The highest BCUT2D eigenvalue weighted by molar-refractivity contribution is 4.95. The number of allylic oxidation sites excluding steroid dienone is 1. The van der Waals surface area contributed by atoms with E-state index in [1.807, 2.05) is 6.08 Å². The normalized spacial score (nSPS) is 43.1. The standard InChI is InChI=1S/C14H25F/c1-5-12-10-11(3)8-7-9-14(4,6-2)13(12)15/h5,11-13H,1,6-10H2,2-4H3/t11-,12?,13-,14?/m1/s1. The van der Waals surface area contributed by atoms with Crippen LogP contribution in [0.5, 0.6) is 0 Å². The van der Waals surface area contributed by atoms with Crippen molar-refractivity contribution in [1.82, 2.24) is 0 Å². The summed E-state index contributed by atoms with van der Waals surface area (Å²) >= 11 is 0. The van der Waals surface area contributed by atoms with E-state index in [4.69, 9.17) is 0 Å². The molecule has 1 fully saturated rings. The Morgan fingerprint density at radius 3 is 2.73 bits per heavy atom. The highest BCUT2D eigenvalue weighted by Crippen LogP contribution is 2.42. The molecule has 0 aromatic carbocycles. The lowest BCUT2D eigenvalue weighted by Crippen LogP contribution is -2.36. The van der Waals surface area contributed by atoms with E-state index in [1.165, 1.54) is 12.8 Å². The van der Waals surface area contributed by atoms with Gasteiger partial charge in [0.05, 0.1) is 0 Å². The Labute approximate surface area is 94.0 Å². The summed E-state index contributed by atoms with van der Waals surface area (Å²) in [6.07, 6.45) is 6.48. The van der Waals surface area contributed by atoms with Crippen molar-refractivity contribution >= 4 is 0 Å². The summed E-state index contributed by atoms with van der Waals surface area (Å²) in [5, 5.41) is 0. The predicted molar refractivity (Wildman–Crippen MR) is 64.6 cm³/mol. The van der Waals surface area contributed by atoms with Gasteiger partial charge in [0.25, 0.3) is 0 Å². The molecule has 0 nitrogen and oxygen atoms in total. The van der Waals surface area contributed by atoms with Crippen molar-refractivity contribution in [3.05, 3.63) is 12.7 Å². The second-order valence-electron chi connectivity index (χ2n) is 5.54. The monoisotopic (exact) mass is 212 g/mol. The van der Waals surface area contributed by atoms with Crippen LogP contribution in [0, 0.1) is 17.3 Å². The third kappa shape index (κ3) is 2.83. The SMILES string of the molecule is C=CC1C[C@H](C)CCCC(C)(CC)[C@@H]1F. The van der Waals surface area contributed by atoms with Gasteiger partial charge >= 0.3 is 0 Å². The van der Waals surface area contributed by atoms with Gasteiger partial charge in [0, 0.05) is 5.92 Å². The van der Waals surface area contributed by atoms with Crippen LogP contribution in [0.2, 0.25) is 0 Å². The van der Waals surface area contributed by atoms with Crippen LogP contribution in [0.3, 0.4) is 0 Å². The fourth-order valence-corrected chi connectivity index (χ4v) is 2.80. The quantitative estimate of drug-likeness (QED) is 0.579. The second-order valence-corrected chi connectivity index (χ2v) is 5.54. The zero-order valence-electron chi connectivity index (χ0n) is 10.4. The highest BCUT2D eigenvalue weighted by atomic mass is 19.1. The summed E-state index contributed by atoms with van der Waals surface area (Å²) < 4.78 is 14.4. The molecule has 15 heavy (non-hydrogen) atoms. The van der Waals surface area contributed by atoms with E-state index in [0.29, 0.717) is 5.92 Å². The van der Waals surface area contributed by atoms with Crippen molar-refractivity contribution in [2.75, 3.05) is 0 Å². The molecule has 1 heteroatoms. The molecule has 0 spiro atoms. The first-order valence-corrected chi connectivity index (χ1v) is 6.30. The van der Waals surface area contributed by atoms with Crippen LogP contribution in [0.25, 0.3) is 0 Å². The molecule has 1 aliphatic rings. The van der Waals surface area contributed by atoms with Crippen LogP contribution in [0.4, 0.5) is 4.39 Å². The van der Waals surface area contributed by atoms with Gasteiger partial charge in [-0.05, 0) is 30.6 Å². The van der Waals surface area contributed by atoms with E-state index in [9.17, 15) is 4.39 Å². The molecule has 1 rings (SSSR count). The molecule has 4 atom stereocenters. The topological polar surface area (TPSA) is 0 Å². The Bertz CT molecular complexity index is 211. The minimum absolute atomic E-state index is 0.0604. The van der Waals surface area contributed by atoms with Crippen LogP contribution >= 0.6 is 0 Å². The average Bonchev–Trinajstić information content (AvgIpc) is 2.23. The first kappa shape index (κ1) is 12.7. The maximum Gasteiger partial charge on any atom is 0.112 e. The fourth-order valence-electron chi connectivity index (χ4n) is 2.80. The van der Waals surface area contributed by atoms with Gasteiger partial charge in [-0.2, -0.15) is 0 Å². The van der Waals surface area contributed by atoms with Crippen LogP contribution in [-0.2, 0) is 0 Å². The molecular formula is C14H25F. The summed E-state index contributed by atoms with van der Waals surface area (Å²) in [5.41, 5.74) is -0.126. The number of halogens is 1. The summed E-state index contributed by atoms with van der Waals surface area (Å²) in [6, 6.07) is 0. The van der Waals surface area contributed by atoms with Gasteiger partial charge in [-0.3, -0.25) is 0 Å². The minimum Gasteiger partial charge on any atom is -0.246 e. The average molecular weight is 212 g/mol. The van der Waals surface area contributed by atoms with E-state index in [-0.39, 0.29) is 11.3 Å². The lowest BCUT2D eigenvalue weighted by Gasteiger charge is -2.39. The van der Waals surface area contributed by atoms with Gasteiger partial charge in [-0.25, -0.2) is 4.39 Å². The first-order chi connectivity index (χ1) is 7.03. The number of hydrogen-bond acceptors (Lipinski definition) is 0. The molecule has 2 unspecified atom stereocenters. The van der Waals surface area contributed by atoms with Crippen LogP contribution in [0.15, 0.2) is 12.7 Å². The molecule has 0 aromatic heterocycles. The van der Waals surface area contributed by atoms with Crippen molar-refractivity contribution in [3.63, 3.8) is 0 Å². The van der Waals surface area contributed by atoms with Crippen LogP contribution in [0.1, 0.15) is 52.9 Å². The fraction of sp³-hybridized carbons (Fsp3) is 0.857. The molecule has 0 amide bonds. The minimum atomic E-state index is -0.706. The molecule has 0 radical (unpaired) electrons. The highest BCUT2D eigenvalue weighted by Gasteiger charge is 2.38. The van der Waals surface area contributed by atoms with E-state index in [1.54, 1.807) is 0 Å². The molecule has 1 saturated carbocycles. The molecule has 0 N–H and O–H groups in total. The van der Waals surface area contributed by atoms with Gasteiger partial charge < -0.3 is 0 Å². The Balaban J connectivity index is 2.81. The zero-order chi connectivity index (χ0) is 11.5. The maximum atomic E-state index is 14.4. The third-order valence-corrected chi connectivity index (χ3v) is 4.27. The van der Waals surface area contributed by atoms with Crippen LogP contribution < -0.4 is 0 Å². The molecule has 88 valence electrons. The van der Waals surface area contributed by atoms with Gasteiger partial charge in [0.2, 0.25) is 0 Å². The van der Waals surface area contributed by atoms with Crippen molar-refractivity contribution in [3.8, 4) is 0 Å². The van der Waals surface area contributed by atoms with Crippen molar-refractivity contribution in [2.24, 2.45) is 17.3 Å². The van der Waals surface area contributed by atoms with Gasteiger partial charge in [-0.1, -0.05) is 39.7 Å². The van der Waals surface area contributed by atoms with Gasteiger partial charge in [0.15, 0.2) is 0 Å². The Morgan fingerprint density at radius 2 is 2.20 bits per heavy atom. The van der Waals surface area contributed by atoms with Crippen molar-refractivity contribution in [2.45, 2.75) is 59.0 Å². The third-order valence-electron chi connectivity index (χ3n) is 4.27. The van der Waals surface area contributed by atoms with Crippen molar-refractivity contribution < 1.29 is 4.39 Å². The number of hydrogen-bond donors (Lipinski definition) is 0. The molecule has 0 bridgehead atoms. The van der Waals surface area contributed by atoms with E-state index in [0.717, 1.165) is 19.3 Å². The Morgan fingerprint density at radius 1 is 1.53 bits per heavy atom. The molecule has 0 saturated heterocycles. The van der Waals surface area contributed by atoms with Gasteiger partial charge in [0.1, 0.15) is 6.17 Å². The molecule has 0 heterocycles. The summed E-state index contributed by atoms with van der Waals surface area (Å²) in [5.74, 6) is 0.706. The predicted octanol–water partition coefficient (Wildman–Crippen LogP) is 4.75. The molecule has 0 aromatic rings. The Hall–Kier alpha value is -0.330. The lowest BCUT2D eigenvalue weighted by atomic mass is 9.69. The van der Waals surface area contributed by atoms with Crippen LogP contribution in [-0.4, -0.2) is 6.17 Å². The van der Waals surface area contributed by atoms with Gasteiger partial charge in [-0.15, -0.1) is 6.58 Å². The number of rotatable bonds is 2. The molecule has 1 aliphatic carbocycles. The summed E-state index contributed by atoms with van der Waals surface area (Å²) in [4.78, 5) is 0. The zero-order valence-corrected chi connectivity index (χ0v) is 10.4. The second kappa shape index (κ2) is 5.14.